The Morgan fingerprint density at radius 1 is 1.00 bits per heavy atom. The Bertz CT molecular complexity index is 1140. The largest absolute Gasteiger partial charge is 0.507 e. The summed E-state index contributed by atoms with van der Waals surface area (Å²) < 4.78 is 0. The van der Waals surface area contributed by atoms with E-state index in [9.17, 15) is 14.7 Å². The number of rotatable bonds is 4. The molecule has 5 nitrogen and oxygen atoms in total. The number of aromatic nitrogens is 1. The summed E-state index contributed by atoms with van der Waals surface area (Å²) in [4.78, 5) is 31.6. The van der Waals surface area contributed by atoms with E-state index in [1.807, 2.05) is 74.5 Å². The standard InChI is InChI=1S/C25H22N2O3/c1-16-8-9-17(2)20(14-16)23(28)21-22(19-6-4-3-5-7-19)27(25(30)24(21)29)15-18-10-12-26-13-11-18/h3-14,22,28H,15H2,1-2H3. The van der Waals surface area contributed by atoms with Gasteiger partial charge in [-0.1, -0.05) is 48.0 Å². The second-order valence-electron chi connectivity index (χ2n) is 7.51. The van der Waals surface area contributed by atoms with Gasteiger partial charge >= 0.3 is 0 Å². The summed E-state index contributed by atoms with van der Waals surface area (Å²) in [6, 6.07) is 18.0. The Kier molecular flexibility index (Phi) is 5.19. The molecule has 1 atom stereocenters. The summed E-state index contributed by atoms with van der Waals surface area (Å²) >= 11 is 0. The maximum Gasteiger partial charge on any atom is 0.295 e. The molecular formula is C25H22N2O3. The molecule has 2 aromatic carbocycles. The van der Waals surface area contributed by atoms with Gasteiger partial charge in [-0.05, 0) is 48.7 Å². The first-order valence-corrected chi connectivity index (χ1v) is 9.77. The number of Topliss-reactive ketones (excluding diaryl/α,β-unsaturated/α-hetero) is 1. The fourth-order valence-corrected chi connectivity index (χ4v) is 3.85. The van der Waals surface area contributed by atoms with E-state index in [0.717, 1.165) is 22.3 Å². The molecule has 1 fully saturated rings. The van der Waals surface area contributed by atoms with Gasteiger partial charge in [-0.25, -0.2) is 0 Å². The summed E-state index contributed by atoms with van der Waals surface area (Å²) in [6.45, 7) is 4.04. The molecule has 1 aromatic heterocycles. The minimum Gasteiger partial charge on any atom is -0.507 e. The maximum atomic E-state index is 13.1. The van der Waals surface area contributed by atoms with Crippen molar-refractivity contribution in [2.45, 2.75) is 26.4 Å². The molecule has 2 heterocycles. The third-order valence-corrected chi connectivity index (χ3v) is 5.41. The van der Waals surface area contributed by atoms with Gasteiger partial charge in [0, 0.05) is 24.5 Å². The number of aliphatic hydroxyl groups excluding tert-OH is 1. The molecule has 1 amide bonds. The monoisotopic (exact) mass is 398 g/mol. The van der Waals surface area contributed by atoms with Gasteiger partial charge in [-0.2, -0.15) is 0 Å². The van der Waals surface area contributed by atoms with Crippen LogP contribution in [0.3, 0.4) is 0 Å². The fraction of sp³-hybridized carbons (Fsp3) is 0.160. The van der Waals surface area contributed by atoms with Gasteiger partial charge in [0.1, 0.15) is 5.76 Å². The Labute approximate surface area is 175 Å². The molecule has 0 spiro atoms. The lowest BCUT2D eigenvalue weighted by molar-refractivity contribution is -0.140. The predicted octanol–water partition coefficient (Wildman–Crippen LogP) is 4.32. The highest BCUT2D eigenvalue weighted by molar-refractivity contribution is 6.46. The average Bonchev–Trinajstić information content (AvgIpc) is 3.01. The van der Waals surface area contributed by atoms with Crippen LogP contribution in [0.5, 0.6) is 0 Å². The fourth-order valence-electron chi connectivity index (χ4n) is 3.85. The lowest BCUT2D eigenvalue weighted by atomic mass is 9.93. The molecule has 1 aliphatic rings. The van der Waals surface area contributed by atoms with Gasteiger partial charge < -0.3 is 10.0 Å². The zero-order valence-electron chi connectivity index (χ0n) is 16.9. The Morgan fingerprint density at radius 3 is 2.40 bits per heavy atom. The van der Waals surface area contributed by atoms with Crippen LogP contribution in [-0.2, 0) is 16.1 Å². The highest BCUT2D eigenvalue weighted by Crippen LogP contribution is 2.40. The van der Waals surface area contributed by atoms with Crippen LogP contribution in [0.2, 0.25) is 0 Å². The van der Waals surface area contributed by atoms with Gasteiger partial charge in [0.2, 0.25) is 0 Å². The van der Waals surface area contributed by atoms with E-state index in [1.54, 1.807) is 12.4 Å². The van der Waals surface area contributed by atoms with Crippen molar-refractivity contribution >= 4 is 17.4 Å². The molecular weight excluding hydrogens is 376 g/mol. The molecule has 0 aliphatic carbocycles. The van der Waals surface area contributed by atoms with Crippen LogP contribution in [0.1, 0.15) is 33.9 Å². The van der Waals surface area contributed by atoms with E-state index < -0.39 is 17.7 Å². The van der Waals surface area contributed by atoms with Crippen molar-refractivity contribution in [1.82, 2.24) is 9.88 Å². The lowest BCUT2D eigenvalue weighted by Crippen LogP contribution is -2.29. The average molecular weight is 398 g/mol. The number of carbonyl (C=O) groups excluding carboxylic acids is 2. The zero-order valence-corrected chi connectivity index (χ0v) is 16.9. The smallest absolute Gasteiger partial charge is 0.295 e. The summed E-state index contributed by atoms with van der Waals surface area (Å²) in [5.74, 6) is -1.43. The van der Waals surface area contributed by atoms with E-state index >= 15 is 0 Å². The van der Waals surface area contributed by atoms with Crippen LogP contribution < -0.4 is 0 Å². The van der Waals surface area contributed by atoms with Crippen LogP contribution in [0.4, 0.5) is 0 Å². The SMILES string of the molecule is Cc1ccc(C)c(C(O)=C2C(=O)C(=O)N(Cc3ccncc3)C2c2ccccc2)c1. The Hall–Kier alpha value is -3.73. The second kappa shape index (κ2) is 7.95. The number of nitrogens with zero attached hydrogens (tertiary/aromatic N) is 2. The normalized spacial score (nSPS) is 18.1. The summed E-state index contributed by atoms with van der Waals surface area (Å²) in [6.07, 6.45) is 3.30. The minimum atomic E-state index is -0.670. The highest BCUT2D eigenvalue weighted by Gasteiger charge is 2.46. The number of likely N-dealkylation sites (tertiary alicyclic amines) is 1. The molecule has 0 bridgehead atoms. The number of ketones is 1. The molecule has 4 rings (SSSR count). The number of hydrogen-bond donors (Lipinski definition) is 1. The highest BCUT2D eigenvalue weighted by atomic mass is 16.3. The van der Waals surface area contributed by atoms with Gasteiger partial charge in [-0.15, -0.1) is 0 Å². The number of hydrogen-bond acceptors (Lipinski definition) is 4. The van der Waals surface area contributed by atoms with Crippen molar-refractivity contribution in [1.29, 1.82) is 0 Å². The topological polar surface area (TPSA) is 70.5 Å². The number of pyridine rings is 1. The lowest BCUT2D eigenvalue weighted by Gasteiger charge is -2.25. The van der Waals surface area contributed by atoms with E-state index in [1.165, 1.54) is 4.90 Å². The number of aliphatic hydroxyl groups is 1. The molecule has 1 N–H and O–H groups in total. The number of benzene rings is 2. The molecule has 0 radical (unpaired) electrons. The first-order chi connectivity index (χ1) is 14.5. The molecule has 3 aromatic rings. The summed E-state index contributed by atoms with van der Waals surface area (Å²) in [5.41, 5.74) is 4.12. The maximum absolute atomic E-state index is 13.1. The van der Waals surface area contributed by atoms with Crippen LogP contribution in [-0.4, -0.2) is 26.7 Å². The third kappa shape index (κ3) is 3.50. The van der Waals surface area contributed by atoms with Crippen LogP contribution in [0.25, 0.3) is 5.76 Å². The van der Waals surface area contributed by atoms with Gasteiger partial charge in [0.25, 0.3) is 11.7 Å². The number of amides is 1. The zero-order chi connectivity index (χ0) is 21.3. The van der Waals surface area contributed by atoms with Crippen LogP contribution >= 0.6 is 0 Å². The van der Waals surface area contributed by atoms with Crippen molar-refractivity contribution < 1.29 is 14.7 Å². The van der Waals surface area contributed by atoms with Crippen molar-refractivity contribution in [3.8, 4) is 0 Å². The van der Waals surface area contributed by atoms with Gasteiger partial charge in [0.15, 0.2) is 0 Å². The predicted molar refractivity (Wildman–Crippen MR) is 114 cm³/mol. The number of aryl methyl sites for hydroxylation is 2. The molecule has 150 valence electrons. The molecule has 30 heavy (non-hydrogen) atoms. The van der Waals surface area contributed by atoms with E-state index in [-0.39, 0.29) is 17.9 Å². The molecule has 1 saturated heterocycles. The molecule has 1 aliphatic heterocycles. The van der Waals surface area contributed by atoms with Crippen LogP contribution in [0, 0.1) is 13.8 Å². The number of carbonyl (C=O) groups is 2. The minimum absolute atomic E-state index is 0.119. The second-order valence-corrected chi connectivity index (χ2v) is 7.51. The molecule has 0 saturated carbocycles. The molecule has 1 unspecified atom stereocenters. The Balaban J connectivity index is 1.89. The quantitative estimate of drug-likeness (QED) is 0.404. The van der Waals surface area contributed by atoms with Crippen molar-refractivity contribution in [2.24, 2.45) is 0 Å². The van der Waals surface area contributed by atoms with Crippen molar-refractivity contribution in [3.63, 3.8) is 0 Å². The van der Waals surface area contributed by atoms with Crippen molar-refractivity contribution in [2.75, 3.05) is 0 Å². The first-order valence-electron chi connectivity index (χ1n) is 9.77. The molecule has 5 heteroatoms. The van der Waals surface area contributed by atoms with Gasteiger partial charge in [0.05, 0.1) is 11.6 Å². The Morgan fingerprint density at radius 2 is 1.70 bits per heavy atom. The van der Waals surface area contributed by atoms with Crippen LogP contribution in [0.15, 0.2) is 78.6 Å². The first kappa shape index (κ1) is 19.6. The van der Waals surface area contributed by atoms with E-state index in [2.05, 4.69) is 4.98 Å². The third-order valence-electron chi connectivity index (χ3n) is 5.41. The van der Waals surface area contributed by atoms with E-state index in [4.69, 9.17) is 0 Å². The summed E-state index contributed by atoms with van der Waals surface area (Å²) in [5, 5.41) is 11.2. The van der Waals surface area contributed by atoms with Crippen molar-refractivity contribution in [3.05, 3.63) is 106 Å². The summed E-state index contributed by atoms with van der Waals surface area (Å²) in [7, 11) is 0. The van der Waals surface area contributed by atoms with Gasteiger partial charge in [-0.3, -0.25) is 14.6 Å². The van der Waals surface area contributed by atoms with E-state index in [0.29, 0.717) is 5.56 Å².